The molecule has 1 rings (SSSR count). The Bertz CT molecular complexity index is 337. The second-order valence-corrected chi connectivity index (χ2v) is 6.84. The van der Waals surface area contributed by atoms with E-state index in [9.17, 15) is 8.42 Å². The molecule has 62 valence electrons. The maximum atomic E-state index is 10.9. The van der Waals surface area contributed by atoms with Crippen LogP contribution in [0, 0.1) is 6.92 Å². The van der Waals surface area contributed by atoms with E-state index >= 15 is 0 Å². The van der Waals surface area contributed by atoms with Gasteiger partial charge in [-0.3, -0.25) is 0 Å². The van der Waals surface area contributed by atoms with Crippen molar-refractivity contribution in [3.8, 4) is 0 Å². The van der Waals surface area contributed by atoms with Gasteiger partial charge in [0, 0.05) is 0 Å². The summed E-state index contributed by atoms with van der Waals surface area (Å²) in [6.07, 6.45) is 1.28. The molecule has 0 aliphatic rings. The molecular formula is C7H10O2SSe. The fraction of sp³-hybridized carbons (Fsp3) is 0.429. The van der Waals surface area contributed by atoms with Gasteiger partial charge in [0.1, 0.15) is 0 Å². The van der Waals surface area contributed by atoms with E-state index in [2.05, 4.69) is 4.94 Å². The first kappa shape index (κ1) is 9.04. The summed E-state index contributed by atoms with van der Waals surface area (Å²) >= 11 is 0.285. The van der Waals surface area contributed by atoms with Crippen LogP contribution in [0.4, 0.5) is 0 Å². The maximum absolute atomic E-state index is 10.9. The second-order valence-electron chi connectivity index (χ2n) is 2.60. The van der Waals surface area contributed by atoms with Crippen molar-refractivity contribution < 1.29 is 8.42 Å². The molecule has 1 aromatic rings. The van der Waals surface area contributed by atoms with Crippen molar-refractivity contribution in [2.75, 3.05) is 6.26 Å². The summed E-state index contributed by atoms with van der Waals surface area (Å²) in [6, 6.07) is 2.00. The van der Waals surface area contributed by atoms with E-state index in [0.29, 0.717) is 0 Å². The zero-order valence-corrected chi connectivity index (χ0v) is 9.02. The molecule has 0 saturated carbocycles. The normalized spacial score (nSPS) is 11.8. The molecule has 0 saturated heterocycles. The third-order valence-corrected chi connectivity index (χ3v) is 4.73. The van der Waals surface area contributed by atoms with Crippen molar-refractivity contribution in [2.24, 2.45) is 0 Å². The summed E-state index contributed by atoms with van der Waals surface area (Å²) < 4.78 is 22.9. The first-order valence-corrected chi connectivity index (χ1v) is 7.10. The second kappa shape index (κ2) is 3.13. The standard InChI is InChI=1S/C7H10O2SSe/c1-6-3-4-11-7(6)5-10(2,8)9/h3-4H,5H2,1-2H3. The summed E-state index contributed by atoms with van der Waals surface area (Å²) in [4.78, 5) is 2.06. The summed E-state index contributed by atoms with van der Waals surface area (Å²) in [6.45, 7) is 1.96. The number of hydrogen-bond acceptors (Lipinski definition) is 2. The van der Waals surface area contributed by atoms with Gasteiger partial charge in [0.2, 0.25) is 0 Å². The number of aryl methyl sites for hydroxylation is 1. The summed E-state index contributed by atoms with van der Waals surface area (Å²) in [5.74, 6) is 0.242. The zero-order chi connectivity index (χ0) is 8.48. The number of rotatable bonds is 2. The van der Waals surface area contributed by atoms with Crippen LogP contribution < -0.4 is 0 Å². The van der Waals surface area contributed by atoms with Gasteiger partial charge in [-0.05, 0) is 0 Å². The van der Waals surface area contributed by atoms with Crippen LogP contribution in [0.2, 0.25) is 0 Å². The summed E-state index contributed by atoms with van der Waals surface area (Å²) in [5.41, 5.74) is 1.13. The van der Waals surface area contributed by atoms with E-state index in [1.165, 1.54) is 6.26 Å². The van der Waals surface area contributed by atoms with E-state index in [0.717, 1.165) is 10.0 Å². The third kappa shape index (κ3) is 2.81. The Morgan fingerprint density at radius 1 is 1.55 bits per heavy atom. The van der Waals surface area contributed by atoms with Crippen molar-refractivity contribution in [1.82, 2.24) is 0 Å². The topological polar surface area (TPSA) is 34.1 Å². The molecule has 0 amide bonds. The van der Waals surface area contributed by atoms with Gasteiger partial charge in [-0.1, -0.05) is 0 Å². The average molecular weight is 237 g/mol. The molecule has 0 aromatic carbocycles. The van der Waals surface area contributed by atoms with Crippen molar-refractivity contribution in [3.63, 3.8) is 0 Å². The first-order valence-electron chi connectivity index (χ1n) is 3.20. The van der Waals surface area contributed by atoms with Gasteiger partial charge in [-0.2, -0.15) is 0 Å². The summed E-state index contributed by atoms with van der Waals surface area (Å²) in [5, 5.41) is 0. The Balaban J connectivity index is 2.89. The van der Waals surface area contributed by atoms with Crippen LogP contribution in [0.5, 0.6) is 0 Å². The van der Waals surface area contributed by atoms with Crippen LogP contribution in [0.15, 0.2) is 11.0 Å². The molecule has 0 bridgehead atoms. The molecule has 11 heavy (non-hydrogen) atoms. The monoisotopic (exact) mass is 238 g/mol. The molecule has 0 fully saturated rings. The zero-order valence-electron chi connectivity index (χ0n) is 6.49. The average Bonchev–Trinajstić information content (AvgIpc) is 2.12. The molecule has 2 nitrogen and oxygen atoms in total. The third-order valence-electron chi connectivity index (χ3n) is 1.36. The molecule has 0 unspecified atom stereocenters. The molecule has 0 aliphatic heterocycles. The predicted molar refractivity (Wildman–Crippen MR) is 46.7 cm³/mol. The van der Waals surface area contributed by atoms with E-state index in [-0.39, 0.29) is 20.3 Å². The molecule has 0 aliphatic carbocycles. The number of hydrogen-bond donors (Lipinski definition) is 0. The molecule has 0 spiro atoms. The molecule has 0 radical (unpaired) electrons. The number of sulfone groups is 1. The molecule has 4 heteroatoms. The van der Waals surface area contributed by atoms with E-state index in [1.54, 1.807) is 0 Å². The van der Waals surface area contributed by atoms with Crippen molar-refractivity contribution in [1.29, 1.82) is 0 Å². The van der Waals surface area contributed by atoms with Crippen molar-refractivity contribution >= 4 is 24.3 Å². The van der Waals surface area contributed by atoms with Crippen molar-refractivity contribution in [3.05, 3.63) is 21.0 Å². The quantitative estimate of drug-likeness (QED) is 0.706. The van der Waals surface area contributed by atoms with Gasteiger partial charge in [-0.25, -0.2) is 0 Å². The Hall–Kier alpha value is -0.0505. The SMILES string of the molecule is Cc1cc[se]c1CS(C)(=O)=O. The Morgan fingerprint density at radius 3 is 2.55 bits per heavy atom. The van der Waals surface area contributed by atoms with E-state index in [1.807, 2.05) is 13.0 Å². The summed E-state index contributed by atoms with van der Waals surface area (Å²) in [7, 11) is -2.82. The fourth-order valence-corrected chi connectivity index (χ4v) is 4.79. The van der Waals surface area contributed by atoms with Gasteiger partial charge in [0.25, 0.3) is 0 Å². The van der Waals surface area contributed by atoms with Gasteiger partial charge in [0.15, 0.2) is 0 Å². The van der Waals surface area contributed by atoms with E-state index in [4.69, 9.17) is 0 Å². The molecule has 0 N–H and O–H groups in total. The molecule has 1 heterocycles. The van der Waals surface area contributed by atoms with Gasteiger partial charge in [-0.15, -0.1) is 0 Å². The minimum atomic E-state index is -2.82. The van der Waals surface area contributed by atoms with Crippen molar-refractivity contribution in [2.45, 2.75) is 12.7 Å². The molecule has 1 aromatic heterocycles. The van der Waals surface area contributed by atoms with Crippen LogP contribution >= 0.6 is 0 Å². The van der Waals surface area contributed by atoms with Crippen LogP contribution in [0.1, 0.15) is 10.0 Å². The Morgan fingerprint density at radius 2 is 2.18 bits per heavy atom. The van der Waals surface area contributed by atoms with E-state index < -0.39 is 9.84 Å². The Labute approximate surface area is 72.9 Å². The molecular weight excluding hydrogens is 227 g/mol. The minimum absolute atomic E-state index is 0.242. The molecule has 0 atom stereocenters. The van der Waals surface area contributed by atoms with Crippen LogP contribution in [0.25, 0.3) is 0 Å². The fourth-order valence-electron chi connectivity index (χ4n) is 0.790. The van der Waals surface area contributed by atoms with Gasteiger partial charge < -0.3 is 0 Å². The van der Waals surface area contributed by atoms with Crippen LogP contribution in [-0.2, 0) is 15.6 Å². The Kier molecular flexibility index (Phi) is 2.57. The van der Waals surface area contributed by atoms with Crippen LogP contribution in [-0.4, -0.2) is 29.2 Å². The van der Waals surface area contributed by atoms with Gasteiger partial charge in [0.05, 0.1) is 0 Å². The predicted octanol–water partition coefficient (Wildman–Crippen LogP) is 0.597. The first-order chi connectivity index (χ1) is 4.99. The van der Waals surface area contributed by atoms with Gasteiger partial charge >= 0.3 is 72.7 Å². The van der Waals surface area contributed by atoms with Crippen LogP contribution in [0.3, 0.4) is 0 Å².